The van der Waals surface area contributed by atoms with E-state index in [-0.39, 0.29) is 11.3 Å². The molecule has 8 nitrogen and oxygen atoms in total. The van der Waals surface area contributed by atoms with Crippen molar-refractivity contribution in [2.75, 3.05) is 20.8 Å². The summed E-state index contributed by atoms with van der Waals surface area (Å²) in [6, 6.07) is 13.2. The molecule has 0 radical (unpaired) electrons. The third-order valence-electron chi connectivity index (χ3n) is 5.69. The molecule has 0 unspecified atom stereocenters. The molecular formula is C25H25N3O5. The molecule has 3 aromatic rings. The molecule has 4 rings (SSSR count). The Morgan fingerprint density at radius 3 is 2.61 bits per heavy atom. The highest BCUT2D eigenvalue weighted by atomic mass is 16.5. The molecule has 1 aliphatic rings. The minimum Gasteiger partial charge on any atom is -0.507 e. The number of aryl methyl sites for hydroxylation is 1. The Bertz CT molecular complexity index is 1190. The third-order valence-corrected chi connectivity index (χ3v) is 5.69. The van der Waals surface area contributed by atoms with Gasteiger partial charge in [-0.05, 0) is 24.6 Å². The Labute approximate surface area is 191 Å². The van der Waals surface area contributed by atoms with Gasteiger partial charge in [0.15, 0.2) is 0 Å². The topological polar surface area (TPSA) is 93.9 Å². The van der Waals surface area contributed by atoms with Crippen LogP contribution in [0.4, 0.5) is 0 Å². The summed E-state index contributed by atoms with van der Waals surface area (Å²) in [5.41, 5.74) is 1.05. The van der Waals surface area contributed by atoms with E-state index in [1.807, 2.05) is 22.9 Å². The largest absolute Gasteiger partial charge is 0.507 e. The number of aliphatic hydroxyl groups excluding tert-OH is 1. The summed E-state index contributed by atoms with van der Waals surface area (Å²) in [6.45, 7) is 0.956. The summed E-state index contributed by atoms with van der Waals surface area (Å²) >= 11 is 0. The molecule has 33 heavy (non-hydrogen) atoms. The normalized spacial score (nSPS) is 17.4. The Morgan fingerprint density at radius 1 is 1.06 bits per heavy atom. The van der Waals surface area contributed by atoms with E-state index in [9.17, 15) is 14.7 Å². The van der Waals surface area contributed by atoms with Crippen molar-refractivity contribution in [1.29, 1.82) is 0 Å². The molecule has 1 fully saturated rings. The fourth-order valence-corrected chi connectivity index (χ4v) is 4.09. The number of ether oxygens (including phenoxy) is 2. The van der Waals surface area contributed by atoms with Crippen molar-refractivity contribution in [1.82, 2.24) is 14.5 Å². The van der Waals surface area contributed by atoms with Crippen LogP contribution in [0.25, 0.3) is 5.76 Å². The fourth-order valence-electron chi connectivity index (χ4n) is 4.09. The lowest BCUT2D eigenvalue weighted by Crippen LogP contribution is -2.31. The number of amides is 1. The molecule has 170 valence electrons. The molecule has 1 saturated heterocycles. The zero-order chi connectivity index (χ0) is 23.4. The van der Waals surface area contributed by atoms with Gasteiger partial charge in [0.1, 0.15) is 17.3 Å². The Morgan fingerprint density at radius 2 is 1.88 bits per heavy atom. The maximum absolute atomic E-state index is 13.2. The van der Waals surface area contributed by atoms with E-state index in [1.54, 1.807) is 48.9 Å². The van der Waals surface area contributed by atoms with Crippen molar-refractivity contribution >= 4 is 17.4 Å². The maximum Gasteiger partial charge on any atom is 0.295 e. The van der Waals surface area contributed by atoms with Crippen LogP contribution < -0.4 is 9.47 Å². The molecule has 1 aliphatic heterocycles. The van der Waals surface area contributed by atoms with E-state index < -0.39 is 17.7 Å². The molecule has 0 spiro atoms. The SMILES string of the molecule is COc1cccc(/C(O)=C2\C(=O)C(=O)N(CCCn3ccnc3)[C@H]2c2ccccc2OC)c1. The predicted octanol–water partition coefficient (Wildman–Crippen LogP) is 3.41. The number of carbonyl (C=O) groups excluding carboxylic acids is 2. The van der Waals surface area contributed by atoms with Crippen LogP contribution in [-0.4, -0.2) is 52.0 Å². The van der Waals surface area contributed by atoms with Crippen LogP contribution in [0.15, 0.2) is 72.8 Å². The van der Waals surface area contributed by atoms with Gasteiger partial charge in [-0.25, -0.2) is 4.98 Å². The van der Waals surface area contributed by atoms with E-state index in [0.29, 0.717) is 42.1 Å². The van der Waals surface area contributed by atoms with Crippen LogP contribution in [0.3, 0.4) is 0 Å². The number of methoxy groups -OCH3 is 2. The lowest BCUT2D eigenvalue weighted by molar-refractivity contribution is -0.140. The summed E-state index contributed by atoms with van der Waals surface area (Å²) in [5, 5.41) is 11.2. The highest BCUT2D eigenvalue weighted by Gasteiger charge is 2.46. The summed E-state index contributed by atoms with van der Waals surface area (Å²) in [4.78, 5) is 31.8. The summed E-state index contributed by atoms with van der Waals surface area (Å²) < 4.78 is 12.7. The zero-order valence-electron chi connectivity index (χ0n) is 18.5. The van der Waals surface area contributed by atoms with Crippen LogP contribution in [0.5, 0.6) is 11.5 Å². The van der Waals surface area contributed by atoms with Gasteiger partial charge in [0.25, 0.3) is 11.7 Å². The Kier molecular flexibility index (Phi) is 6.44. The second-order valence-corrected chi connectivity index (χ2v) is 7.62. The van der Waals surface area contributed by atoms with Gasteiger partial charge in [0.2, 0.25) is 0 Å². The highest BCUT2D eigenvalue weighted by Crippen LogP contribution is 2.42. The summed E-state index contributed by atoms with van der Waals surface area (Å²) in [6.07, 6.45) is 5.84. The zero-order valence-corrected chi connectivity index (χ0v) is 18.5. The van der Waals surface area contributed by atoms with E-state index in [2.05, 4.69) is 4.98 Å². The average molecular weight is 447 g/mol. The summed E-state index contributed by atoms with van der Waals surface area (Å²) in [7, 11) is 3.05. The molecule has 1 amide bonds. The highest BCUT2D eigenvalue weighted by molar-refractivity contribution is 6.46. The van der Waals surface area contributed by atoms with Crippen LogP contribution in [0, 0.1) is 0 Å². The monoisotopic (exact) mass is 447 g/mol. The van der Waals surface area contributed by atoms with Crippen molar-refractivity contribution in [2.24, 2.45) is 0 Å². The molecule has 1 N–H and O–H groups in total. The van der Waals surface area contributed by atoms with Gasteiger partial charge in [-0.15, -0.1) is 0 Å². The summed E-state index contributed by atoms with van der Waals surface area (Å²) in [5.74, 6) is -0.571. The predicted molar refractivity (Wildman–Crippen MR) is 122 cm³/mol. The minimum absolute atomic E-state index is 0.0281. The van der Waals surface area contributed by atoms with Crippen molar-refractivity contribution < 1.29 is 24.2 Å². The first-order valence-corrected chi connectivity index (χ1v) is 10.6. The first-order valence-electron chi connectivity index (χ1n) is 10.6. The molecule has 1 aromatic heterocycles. The van der Waals surface area contributed by atoms with E-state index >= 15 is 0 Å². The van der Waals surface area contributed by atoms with Gasteiger partial charge < -0.3 is 24.0 Å². The van der Waals surface area contributed by atoms with Crippen molar-refractivity contribution in [3.8, 4) is 11.5 Å². The van der Waals surface area contributed by atoms with Gasteiger partial charge in [-0.3, -0.25) is 9.59 Å². The number of para-hydroxylation sites is 1. The van der Waals surface area contributed by atoms with E-state index in [4.69, 9.17) is 9.47 Å². The molecule has 0 aliphatic carbocycles. The molecular weight excluding hydrogens is 422 g/mol. The van der Waals surface area contributed by atoms with E-state index in [1.165, 1.54) is 19.1 Å². The number of hydrogen-bond donors (Lipinski definition) is 1. The number of Topliss-reactive ketones (excluding diaryl/α,β-unsaturated/α-hetero) is 1. The standard InChI is InChI=1S/C25H25N3O5/c1-32-18-8-5-7-17(15-18)23(29)21-22(19-9-3-4-10-20(19)33-2)28(25(31)24(21)30)13-6-12-27-14-11-26-16-27/h3-5,7-11,14-16,22,29H,6,12-13H2,1-2H3/b23-21+/t22-/m0/s1. The van der Waals surface area contributed by atoms with Gasteiger partial charge in [0.05, 0.1) is 32.2 Å². The molecule has 1 atom stereocenters. The van der Waals surface area contributed by atoms with Crippen molar-refractivity contribution in [3.63, 3.8) is 0 Å². The number of imidazole rings is 1. The van der Waals surface area contributed by atoms with Crippen molar-refractivity contribution in [2.45, 2.75) is 19.0 Å². The number of aromatic nitrogens is 2. The molecule has 8 heteroatoms. The number of rotatable bonds is 8. The molecule has 2 aromatic carbocycles. The first-order chi connectivity index (χ1) is 16.0. The quantitative estimate of drug-likeness (QED) is 0.323. The number of benzene rings is 2. The second kappa shape index (κ2) is 9.60. The average Bonchev–Trinajstić information content (AvgIpc) is 3.46. The van der Waals surface area contributed by atoms with Crippen LogP contribution in [0.1, 0.15) is 23.6 Å². The maximum atomic E-state index is 13.2. The number of ketones is 1. The Hall–Kier alpha value is -4.07. The number of aliphatic hydroxyl groups is 1. The van der Waals surface area contributed by atoms with Crippen LogP contribution in [0.2, 0.25) is 0 Å². The van der Waals surface area contributed by atoms with Gasteiger partial charge in [-0.2, -0.15) is 0 Å². The molecule has 0 bridgehead atoms. The van der Waals surface area contributed by atoms with Crippen molar-refractivity contribution in [3.05, 3.63) is 84.0 Å². The number of likely N-dealkylation sites (tertiary alicyclic amines) is 1. The van der Waals surface area contributed by atoms with Gasteiger partial charge in [0, 0.05) is 36.6 Å². The molecule has 0 saturated carbocycles. The smallest absolute Gasteiger partial charge is 0.295 e. The third kappa shape index (κ3) is 4.32. The number of nitrogens with zero attached hydrogens (tertiary/aromatic N) is 3. The number of carbonyl (C=O) groups is 2. The lowest BCUT2D eigenvalue weighted by atomic mass is 9.94. The van der Waals surface area contributed by atoms with Gasteiger partial charge in [-0.1, -0.05) is 30.3 Å². The Balaban J connectivity index is 1.78. The molecule has 2 heterocycles. The van der Waals surface area contributed by atoms with Crippen LogP contribution in [-0.2, 0) is 16.1 Å². The lowest BCUT2D eigenvalue weighted by Gasteiger charge is -2.26. The van der Waals surface area contributed by atoms with Gasteiger partial charge >= 0.3 is 0 Å². The first kappa shape index (κ1) is 22.1. The van der Waals surface area contributed by atoms with E-state index in [0.717, 1.165) is 0 Å². The van der Waals surface area contributed by atoms with Crippen LogP contribution >= 0.6 is 0 Å². The number of hydrogen-bond acceptors (Lipinski definition) is 6. The fraction of sp³-hybridized carbons (Fsp3) is 0.240. The second-order valence-electron chi connectivity index (χ2n) is 7.62. The minimum atomic E-state index is -0.782.